The number of nitrogens with one attached hydrogen (secondary N) is 1. The summed E-state index contributed by atoms with van der Waals surface area (Å²) in [7, 11) is 2.21. The Morgan fingerprint density at radius 2 is 2.29 bits per heavy atom. The number of hydrogen-bond acceptors (Lipinski definition) is 5. The molecule has 0 saturated carbocycles. The highest BCUT2D eigenvalue weighted by Crippen LogP contribution is 2.21. The van der Waals surface area contributed by atoms with Gasteiger partial charge < -0.3 is 16.0 Å². The van der Waals surface area contributed by atoms with Crippen molar-refractivity contribution in [2.75, 3.05) is 32.0 Å². The van der Waals surface area contributed by atoms with Crippen LogP contribution in [0.5, 0.6) is 0 Å². The topological polar surface area (TPSA) is 54.2 Å². The summed E-state index contributed by atoms with van der Waals surface area (Å²) in [5, 5.41) is 4.41. The lowest BCUT2D eigenvalue weighted by Gasteiger charge is -2.28. The normalized spacial score (nSPS) is 18.5. The predicted molar refractivity (Wildman–Crippen MR) is 73.3 cm³/mol. The smallest absolute Gasteiger partial charge is 0.182 e. The highest BCUT2D eigenvalue weighted by Gasteiger charge is 2.16. The van der Waals surface area contributed by atoms with Crippen LogP contribution in [-0.4, -0.2) is 36.6 Å². The number of anilines is 1. The Bertz CT molecular complexity index is 331. The molecule has 1 saturated heterocycles. The maximum absolute atomic E-state index is 5.56. The summed E-state index contributed by atoms with van der Waals surface area (Å²) in [4.78, 5) is 7.86. The van der Waals surface area contributed by atoms with Gasteiger partial charge in [-0.2, -0.15) is 0 Å². The second-order valence-electron chi connectivity index (χ2n) is 4.80. The van der Waals surface area contributed by atoms with Crippen molar-refractivity contribution < 1.29 is 0 Å². The van der Waals surface area contributed by atoms with Crippen molar-refractivity contribution >= 4 is 16.5 Å². The summed E-state index contributed by atoms with van der Waals surface area (Å²) < 4.78 is 0. The zero-order valence-corrected chi connectivity index (χ0v) is 11.3. The second kappa shape index (κ2) is 6.33. The minimum atomic E-state index is 0.592. The monoisotopic (exact) mass is 254 g/mol. The largest absolute Gasteiger partial charge is 0.362 e. The third-order valence-electron chi connectivity index (χ3n) is 3.42. The van der Waals surface area contributed by atoms with Gasteiger partial charge in [0.2, 0.25) is 0 Å². The lowest BCUT2D eigenvalue weighted by molar-refractivity contribution is 0.215. The fourth-order valence-electron chi connectivity index (χ4n) is 2.22. The second-order valence-corrected chi connectivity index (χ2v) is 5.91. The molecule has 0 amide bonds. The van der Waals surface area contributed by atoms with Crippen LogP contribution in [0.3, 0.4) is 0 Å². The molecule has 96 valence electrons. The Labute approximate surface area is 107 Å². The van der Waals surface area contributed by atoms with Crippen molar-refractivity contribution in [3.05, 3.63) is 11.1 Å². The number of nitrogens with zero attached hydrogens (tertiary/aromatic N) is 2. The van der Waals surface area contributed by atoms with Gasteiger partial charge in [-0.05, 0) is 45.3 Å². The van der Waals surface area contributed by atoms with Gasteiger partial charge in [0.25, 0.3) is 0 Å². The predicted octanol–water partition coefficient (Wildman–Crippen LogP) is 1.75. The van der Waals surface area contributed by atoms with Crippen LogP contribution in [-0.2, 0) is 6.54 Å². The van der Waals surface area contributed by atoms with E-state index in [1.807, 2.05) is 6.20 Å². The molecule has 0 aromatic carbocycles. The Kier molecular flexibility index (Phi) is 4.76. The quantitative estimate of drug-likeness (QED) is 0.840. The van der Waals surface area contributed by atoms with E-state index in [0.29, 0.717) is 6.54 Å². The molecule has 1 aliphatic rings. The molecule has 0 aliphatic carbocycles. The molecule has 1 aromatic heterocycles. The average Bonchev–Trinajstić information content (AvgIpc) is 2.80. The molecule has 2 rings (SSSR count). The minimum Gasteiger partial charge on any atom is -0.362 e. The molecule has 3 N–H and O–H groups in total. The van der Waals surface area contributed by atoms with Crippen LogP contribution in [0.4, 0.5) is 5.13 Å². The van der Waals surface area contributed by atoms with Gasteiger partial charge in [0.15, 0.2) is 5.13 Å². The summed E-state index contributed by atoms with van der Waals surface area (Å²) in [6.45, 7) is 4.12. The number of rotatable bonds is 5. The highest BCUT2D eigenvalue weighted by molar-refractivity contribution is 7.15. The number of piperidine rings is 1. The van der Waals surface area contributed by atoms with Gasteiger partial charge in [0.05, 0.1) is 0 Å². The number of thiazole rings is 1. The van der Waals surface area contributed by atoms with Gasteiger partial charge >= 0.3 is 0 Å². The fourth-order valence-corrected chi connectivity index (χ4v) is 2.93. The van der Waals surface area contributed by atoms with Crippen LogP contribution in [0.25, 0.3) is 0 Å². The number of nitrogens with two attached hydrogens (primary N) is 1. The lowest BCUT2D eigenvalue weighted by Crippen LogP contribution is -2.30. The molecule has 1 fully saturated rings. The number of hydrogen-bond donors (Lipinski definition) is 2. The summed E-state index contributed by atoms with van der Waals surface area (Å²) in [5.74, 6) is 0.882. The van der Waals surface area contributed by atoms with Crippen molar-refractivity contribution in [1.82, 2.24) is 9.88 Å². The molecule has 1 aliphatic heterocycles. The molecule has 0 atom stereocenters. The van der Waals surface area contributed by atoms with Gasteiger partial charge in [0.1, 0.15) is 0 Å². The third-order valence-corrected chi connectivity index (χ3v) is 4.40. The molecule has 0 bridgehead atoms. The molecule has 0 radical (unpaired) electrons. The maximum atomic E-state index is 5.56. The lowest BCUT2D eigenvalue weighted by atomic mass is 9.94. The van der Waals surface area contributed by atoms with E-state index < -0.39 is 0 Å². The van der Waals surface area contributed by atoms with Gasteiger partial charge in [-0.1, -0.05) is 0 Å². The van der Waals surface area contributed by atoms with Crippen LogP contribution >= 0.6 is 11.3 Å². The number of aromatic nitrogens is 1. The molecule has 17 heavy (non-hydrogen) atoms. The molecule has 4 nitrogen and oxygen atoms in total. The van der Waals surface area contributed by atoms with Crippen LogP contribution in [0.15, 0.2) is 6.20 Å². The zero-order chi connectivity index (χ0) is 12.1. The van der Waals surface area contributed by atoms with Crippen LogP contribution in [0, 0.1) is 5.92 Å². The van der Waals surface area contributed by atoms with E-state index in [0.717, 1.165) is 22.5 Å². The van der Waals surface area contributed by atoms with Crippen molar-refractivity contribution in [3.8, 4) is 0 Å². The van der Waals surface area contributed by atoms with Crippen LogP contribution in [0.2, 0.25) is 0 Å². The minimum absolute atomic E-state index is 0.592. The first kappa shape index (κ1) is 12.8. The fraction of sp³-hybridized carbons (Fsp3) is 0.750. The first-order chi connectivity index (χ1) is 8.28. The van der Waals surface area contributed by atoms with Gasteiger partial charge in [-0.25, -0.2) is 4.98 Å². The Morgan fingerprint density at radius 1 is 1.53 bits per heavy atom. The molecule has 5 heteroatoms. The van der Waals surface area contributed by atoms with E-state index >= 15 is 0 Å². The van der Waals surface area contributed by atoms with E-state index in [2.05, 4.69) is 22.2 Å². The summed E-state index contributed by atoms with van der Waals surface area (Å²) in [5.41, 5.74) is 5.56. The Hall–Kier alpha value is -0.650. The van der Waals surface area contributed by atoms with E-state index in [1.54, 1.807) is 11.3 Å². The average molecular weight is 254 g/mol. The molecule has 0 unspecified atom stereocenters. The zero-order valence-electron chi connectivity index (χ0n) is 10.5. The standard InChI is InChI=1S/C12H22N4S/c1-16-6-3-10(4-7-16)2-5-14-12-15-9-11(8-13)17-12/h9-10H,2-8,13H2,1H3,(H,14,15). The first-order valence-electron chi connectivity index (χ1n) is 6.35. The maximum Gasteiger partial charge on any atom is 0.182 e. The van der Waals surface area contributed by atoms with Crippen molar-refractivity contribution in [2.45, 2.75) is 25.8 Å². The Balaban J connectivity index is 1.65. The van der Waals surface area contributed by atoms with Crippen LogP contribution < -0.4 is 11.1 Å². The SMILES string of the molecule is CN1CCC(CCNc2ncc(CN)s2)CC1. The van der Waals surface area contributed by atoms with Crippen molar-refractivity contribution in [2.24, 2.45) is 11.7 Å². The highest BCUT2D eigenvalue weighted by atomic mass is 32.1. The number of likely N-dealkylation sites (tertiary alicyclic amines) is 1. The molecule has 1 aromatic rings. The summed E-state index contributed by atoms with van der Waals surface area (Å²) in [6, 6.07) is 0. The van der Waals surface area contributed by atoms with E-state index in [1.165, 1.54) is 32.4 Å². The summed E-state index contributed by atoms with van der Waals surface area (Å²) >= 11 is 1.66. The van der Waals surface area contributed by atoms with Gasteiger partial charge in [-0.3, -0.25) is 0 Å². The van der Waals surface area contributed by atoms with E-state index in [4.69, 9.17) is 5.73 Å². The van der Waals surface area contributed by atoms with Gasteiger partial charge in [-0.15, -0.1) is 11.3 Å². The molecule has 0 spiro atoms. The van der Waals surface area contributed by atoms with Gasteiger partial charge in [0, 0.05) is 24.2 Å². The molecular weight excluding hydrogens is 232 g/mol. The third kappa shape index (κ3) is 3.94. The van der Waals surface area contributed by atoms with Crippen molar-refractivity contribution in [3.63, 3.8) is 0 Å². The summed E-state index contributed by atoms with van der Waals surface area (Å²) in [6.07, 6.45) is 5.79. The van der Waals surface area contributed by atoms with E-state index in [9.17, 15) is 0 Å². The molecular formula is C12H22N4S. The van der Waals surface area contributed by atoms with E-state index in [-0.39, 0.29) is 0 Å². The first-order valence-corrected chi connectivity index (χ1v) is 7.16. The molecule has 2 heterocycles. The Morgan fingerprint density at radius 3 is 2.94 bits per heavy atom. The van der Waals surface area contributed by atoms with Crippen molar-refractivity contribution in [1.29, 1.82) is 0 Å². The van der Waals surface area contributed by atoms with Crippen LogP contribution in [0.1, 0.15) is 24.1 Å².